The molecule has 0 radical (unpaired) electrons. The Morgan fingerprint density at radius 2 is 1.83 bits per heavy atom. The molecule has 1 aliphatic rings. The first kappa shape index (κ1) is 17.7. The SMILES string of the molecule is Cc1[nH]ncc1C(=O)N1CCC(c2ccccc2)(c2cn3ccccc3n2)CC1. The molecule has 146 valence electrons. The number of carbonyl (C=O) groups is 1. The van der Waals surface area contributed by atoms with Gasteiger partial charge in [-0.3, -0.25) is 9.89 Å². The first-order valence-electron chi connectivity index (χ1n) is 9.96. The number of rotatable bonds is 3. The number of aromatic nitrogens is 4. The Hall–Kier alpha value is -3.41. The van der Waals surface area contributed by atoms with E-state index in [1.165, 1.54) is 5.56 Å². The van der Waals surface area contributed by atoms with E-state index in [1.54, 1.807) is 6.20 Å². The Balaban J connectivity index is 1.50. The number of aryl methyl sites for hydroxylation is 1. The Morgan fingerprint density at radius 3 is 2.52 bits per heavy atom. The Bertz CT molecular complexity index is 1120. The topological polar surface area (TPSA) is 66.3 Å². The van der Waals surface area contributed by atoms with Crippen molar-refractivity contribution in [1.29, 1.82) is 0 Å². The van der Waals surface area contributed by atoms with Gasteiger partial charge >= 0.3 is 0 Å². The molecule has 0 aliphatic carbocycles. The molecule has 6 nitrogen and oxygen atoms in total. The molecule has 29 heavy (non-hydrogen) atoms. The second-order valence-electron chi connectivity index (χ2n) is 7.74. The first-order valence-corrected chi connectivity index (χ1v) is 9.96. The number of fused-ring (bicyclic) bond motifs is 1. The van der Waals surface area contributed by atoms with Crippen LogP contribution < -0.4 is 0 Å². The van der Waals surface area contributed by atoms with Gasteiger partial charge in [0.25, 0.3) is 5.91 Å². The number of amides is 1. The van der Waals surface area contributed by atoms with Crippen molar-refractivity contribution >= 4 is 11.6 Å². The molecule has 5 rings (SSSR count). The highest BCUT2D eigenvalue weighted by Crippen LogP contribution is 2.41. The van der Waals surface area contributed by atoms with Gasteiger partial charge in [-0.05, 0) is 37.5 Å². The average Bonchev–Trinajstić information content (AvgIpc) is 3.40. The number of imidazole rings is 1. The van der Waals surface area contributed by atoms with Crippen molar-refractivity contribution in [3.8, 4) is 0 Å². The Kier molecular flexibility index (Phi) is 4.19. The maximum Gasteiger partial charge on any atom is 0.257 e. The van der Waals surface area contributed by atoms with Gasteiger partial charge in [0.05, 0.1) is 17.5 Å². The largest absolute Gasteiger partial charge is 0.338 e. The van der Waals surface area contributed by atoms with Crippen LogP contribution in [0.3, 0.4) is 0 Å². The van der Waals surface area contributed by atoms with E-state index in [4.69, 9.17) is 4.98 Å². The van der Waals surface area contributed by atoms with Crippen LogP contribution in [0.1, 0.15) is 40.2 Å². The standard InChI is InChI=1S/C23H23N5O/c1-17-19(15-24-26-17)22(29)27-13-10-23(11-14-27,18-7-3-2-4-8-18)20-16-28-12-6-5-9-21(28)25-20/h2-9,12,15-16H,10-11,13-14H2,1H3,(H,24,26). The molecule has 1 aliphatic heterocycles. The number of pyridine rings is 1. The molecule has 4 aromatic rings. The van der Waals surface area contributed by atoms with Crippen molar-refractivity contribution in [2.75, 3.05) is 13.1 Å². The fourth-order valence-corrected chi connectivity index (χ4v) is 4.44. The summed E-state index contributed by atoms with van der Waals surface area (Å²) in [6.45, 7) is 3.26. The summed E-state index contributed by atoms with van der Waals surface area (Å²) < 4.78 is 2.08. The highest BCUT2D eigenvalue weighted by Gasteiger charge is 2.41. The van der Waals surface area contributed by atoms with Crippen LogP contribution >= 0.6 is 0 Å². The zero-order valence-corrected chi connectivity index (χ0v) is 16.4. The van der Waals surface area contributed by atoms with Crippen LogP contribution in [0.2, 0.25) is 0 Å². The number of aromatic amines is 1. The number of hydrogen-bond donors (Lipinski definition) is 1. The first-order chi connectivity index (χ1) is 14.2. The van der Waals surface area contributed by atoms with E-state index in [9.17, 15) is 4.79 Å². The average molecular weight is 385 g/mol. The summed E-state index contributed by atoms with van der Waals surface area (Å²) >= 11 is 0. The molecule has 0 atom stereocenters. The van der Waals surface area contributed by atoms with Gasteiger partial charge in [-0.25, -0.2) is 4.98 Å². The summed E-state index contributed by atoms with van der Waals surface area (Å²) in [5.74, 6) is 0.0490. The van der Waals surface area contributed by atoms with E-state index < -0.39 is 0 Å². The third-order valence-electron chi connectivity index (χ3n) is 6.15. The molecule has 0 saturated carbocycles. The van der Waals surface area contributed by atoms with Crippen LogP contribution in [0.4, 0.5) is 0 Å². The van der Waals surface area contributed by atoms with Crippen LogP contribution in [0, 0.1) is 6.92 Å². The van der Waals surface area contributed by atoms with Crippen LogP contribution in [0.25, 0.3) is 5.65 Å². The molecule has 1 saturated heterocycles. The fraction of sp³-hybridized carbons (Fsp3) is 0.261. The molecule has 4 heterocycles. The lowest BCUT2D eigenvalue weighted by Gasteiger charge is -2.41. The van der Waals surface area contributed by atoms with Crippen molar-refractivity contribution < 1.29 is 4.79 Å². The van der Waals surface area contributed by atoms with E-state index in [2.05, 4.69) is 45.1 Å². The second-order valence-corrected chi connectivity index (χ2v) is 7.74. The summed E-state index contributed by atoms with van der Waals surface area (Å²) in [5, 5.41) is 6.86. The molecule has 1 aromatic carbocycles. The zero-order valence-electron chi connectivity index (χ0n) is 16.4. The molecule has 3 aromatic heterocycles. The lowest BCUT2D eigenvalue weighted by Crippen LogP contribution is -2.46. The molecule has 1 fully saturated rings. The van der Waals surface area contributed by atoms with Crippen LogP contribution in [0.5, 0.6) is 0 Å². The summed E-state index contributed by atoms with van der Waals surface area (Å²) in [6, 6.07) is 16.6. The minimum atomic E-state index is -0.199. The normalized spacial score (nSPS) is 16.2. The van der Waals surface area contributed by atoms with Gasteiger partial charge < -0.3 is 9.30 Å². The molecule has 1 amide bonds. The van der Waals surface area contributed by atoms with Crippen molar-refractivity contribution in [2.24, 2.45) is 0 Å². The van der Waals surface area contributed by atoms with Gasteiger partial charge in [0.1, 0.15) is 5.65 Å². The van der Waals surface area contributed by atoms with Gasteiger partial charge in [0.15, 0.2) is 0 Å². The van der Waals surface area contributed by atoms with Crippen LogP contribution in [0.15, 0.2) is 67.1 Å². The van der Waals surface area contributed by atoms with Crippen LogP contribution in [-0.2, 0) is 5.41 Å². The quantitative estimate of drug-likeness (QED) is 0.586. The maximum atomic E-state index is 13.0. The number of nitrogens with zero attached hydrogens (tertiary/aromatic N) is 4. The maximum absolute atomic E-state index is 13.0. The summed E-state index contributed by atoms with van der Waals surface area (Å²) in [7, 11) is 0. The monoisotopic (exact) mass is 385 g/mol. The van der Waals surface area contributed by atoms with Gasteiger partial charge in [-0.15, -0.1) is 0 Å². The lowest BCUT2D eigenvalue weighted by molar-refractivity contribution is 0.0683. The number of H-pyrrole nitrogens is 1. The van der Waals surface area contributed by atoms with Crippen LogP contribution in [-0.4, -0.2) is 43.5 Å². The molecule has 0 bridgehead atoms. The lowest BCUT2D eigenvalue weighted by atomic mass is 9.70. The number of likely N-dealkylation sites (tertiary alicyclic amines) is 1. The molecule has 0 spiro atoms. The number of benzene rings is 1. The van der Waals surface area contributed by atoms with Crippen molar-refractivity contribution in [3.63, 3.8) is 0 Å². The van der Waals surface area contributed by atoms with Gasteiger partial charge in [-0.2, -0.15) is 5.10 Å². The second kappa shape index (κ2) is 6.88. The number of hydrogen-bond acceptors (Lipinski definition) is 3. The van der Waals surface area contributed by atoms with Crippen molar-refractivity contribution in [1.82, 2.24) is 24.5 Å². The molecule has 1 N–H and O–H groups in total. The van der Waals surface area contributed by atoms with E-state index >= 15 is 0 Å². The molecule has 6 heteroatoms. The highest BCUT2D eigenvalue weighted by atomic mass is 16.2. The van der Waals surface area contributed by atoms with E-state index in [-0.39, 0.29) is 11.3 Å². The van der Waals surface area contributed by atoms with Gasteiger partial charge in [0, 0.05) is 36.6 Å². The smallest absolute Gasteiger partial charge is 0.257 e. The minimum absolute atomic E-state index is 0.0490. The number of piperidine rings is 1. The Morgan fingerprint density at radius 1 is 1.07 bits per heavy atom. The van der Waals surface area contributed by atoms with Gasteiger partial charge in [-0.1, -0.05) is 36.4 Å². The van der Waals surface area contributed by atoms with E-state index in [0.29, 0.717) is 18.7 Å². The highest BCUT2D eigenvalue weighted by molar-refractivity contribution is 5.95. The molecular weight excluding hydrogens is 362 g/mol. The predicted molar refractivity (Wildman–Crippen MR) is 111 cm³/mol. The minimum Gasteiger partial charge on any atom is -0.338 e. The third-order valence-corrected chi connectivity index (χ3v) is 6.15. The summed E-state index contributed by atoms with van der Waals surface area (Å²) in [5.41, 5.74) is 4.55. The third kappa shape index (κ3) is 2.92. The predicted octanol–water partition coefficient (Wildman–Crippen LogP) is 3.59. The van der Waals surface area contributed by atoms with E-state index in [0.717, 1.165) is 29.9 Å². The zero-order chi connectivity index (χ0) is 19.8. The summed E-state index contributed by atoms with van der Waals surface area (Å²) in [6.07, 6.45) is 7.47. The van der Waals surface area contributed by atoms with Crippen molar-refractivity contribution in [2.45, 2.75) is 25.2 Å². The Labute approximate surface area is 169 Å². The number of nitrogens with one attached hydrogen (secondary N) is 1. The van der Waals surface area contributed by atoms with Crippen molar-refractivity contribution in [3.05, 3.63) is 89.6 Å². The molecular formula is C23H23N5O. The number of carbonyl (C=O) groups excluding carboxylic acids is 1. The summed E-state index contributed by atoms with van der Waals surface area (Å²) in [4.78, 5) is 19.9. The molecule has 0 unspecified atom stereocenters. The fourth-order valence-electron chi connectivity index (χ4n) is 4.44. The van der Waals surface area contributed by atoms with E-state index in [1.807, 2.05) is 42.3 Å². The van der Waals surface area contributed by atoms with Gasteiger partial charge in [0.2, 0.25) is 0 Å².